The standard InChI is InChI=1S/C33H44N2O5/c1-23-12-13-29-24(2)30(37-31-33(29)28(23)14-15-32(3,38-31)39-40-33)36-22-26-9-7-8-25(20-26)21-34-16-18-35(19-17-34)27-10-5-4-6-11-27/h4-11,20,23-24,28-31H,12-19,21-22H2,1-3H3/t23-,24-,28+,29?,30+,31?,32?,33-/m1/s1. The zero-order valence-electron chi connectivity index (χ0n) is 24.2. The molecule has 216 valence electrons. The Labute approximate surface area is 238 Å². The normalized spacial score (nSPS) is 39.5. The molecule has 7 heteroatoms. The monoisotopic (exact) mass is 548 g/mol. The van der Waals surface area contributed by atoms with E-state index in [9.17, 15) is 0 Å². The number of benzene rings is 2. The van der Waals surface area contributed by atoms with Gasteiger partial charge in [0.2, 0.25) is 5.79 Å². The highest BCUT2D eigenvalue weighted by molar-refractivity contribution is 5.46. The Kier molecular flexibility index (Phi) is 7.18. The minimum atomic E-state index is -0.760. The SMILES string of the molecule is C[C@@H]1CCC2[C@@H](C)[C@@H](OCc3cccc(CN4CCN(c5ccccc5)CC4)c3)OC3OC4(C)CC[C@@H]1[C@]32OO4. The van der Waals surface area contributed by atoms with Gasteiger partial charge in [0.15, 0.2) is 18.2 Å². The number of piperazine rings is 1. The van der Waals surface area contributed by atoms with E-state index in [1.807, 2.05) is 6.92 Å². The lowest BCUT2D eigenvalue weighted by Crippen LogP contribution is -2.70. The molecule has 6 aliphatic rings. The first kappa shape index (κ1) is 26.9. The van der Waals surface area contributed by atoms with Crippen LogP contribution in [0.5, 0.6) is 0 Å². The molecule has 8 atom stereocenters. The Morgan fingerprint density at radius 3 is 2.50 bits per heavy atom. The molecular formula is C33H44N2O5. The summed E-state index contributed by atoms with van der Waals surface area (Å²) >= 11 is 0. The molecule has 5 aliphatic heterocycles. The molecule has 8 rings (SSSR count). The van der Waals surface area contributed by atoms with Crippen LogP contribution in [0.15, 0.2) is 54.6 Å². The lowest BCUT2D eigenvalue weighted by molar-refractivity contribution is -0.577. The second-order valence-corrected chi connectivity index (χ2v) is 13.0. The number of hydrogen-bond donors (Lipinski definition) is 0. The van der Waals surface area contributed by atoms with Gasteiger partial charge in [0.1, 0.15) is 0 Å². The van der Waals surface area contributed by atoms with E-state index in [2.05, 4.69) is 78.2 Å². The maximum atomic E-state index is 6.61. The summed E-state index contributed by atoms with van der Waals surface area (Å²) in [4.78, 5) is 17.3. The highest BCUT2D eigenvalue weighted by Gasteiger charge is 2.69. The van der Waals surface area contributed by atoms with Gasteiger partial charge in [-0.3, -0.25) is 4.90 Å². The lowest BCUT2D eigenvalue weighted by atomic mass is 9.58. The third-order valence-electron chi connectivity index (χ3n) is 10.4. The van der Waals surface area contributed by atoms with Crippen LogP contribution in [0.2, 0.25) is 0 Å². The summed E-state index contributed by atoms with van der Waals surface area (Å²) in [5, 5.41) is 0. The van der Waals surface area contributed by atoms with Crippen molar-refractivity contribution in [2.45, 2.75) is 83.6 Å². The largest absolute Gasteiger partial charge is 0.369 e. The third kappa shape index (κ3) is 4.79. The quantitative estimate of drug-likeness (QED) is 0.427. The molecular weight excluding hydrogens is 504 g/mol. The minimum absolute atomic E-state index is 0.185. The van der Waals surface area contributed by atoms with E-state index in [4.69, 9.17) is 24.0 Å². The fourth-order valence-electron chi connectivity index (χ4n) is 8.12. The second-order valence-electron chi connectivity index (χ2n) is 13.0. The van der Waals surface area contributed by atoms with Crippen molar-refractivity contribution in [3.8, 4) is 0 Å². The summed E-state index contributed by atoms with van der Waals surface area (Å²) in [6.07, 6.45) is 3.34. The summed E-state index contributed by atoms with van der Waals surface area (Å²) in [5.74, 6) is 0.633. The molecule has 0 aromatic heterocycles. The highest BCUT2D eigenvalue weighted by Crippen LogP contribution is 2.60. The summed E-state index contributed by atoms with van der Waals surface area (Å²) in [7, 11) is 0. The molecule has 1 aliphatic carbocycles. The molecule has 3 unspecified atom stereocenters. The van der Waals surface area contributed by atoms with Gasteiger partial charge in [0.05, 0.1) is 6.61 Å². The van der Waals surface area contributed by atoms with Crippen molar-refractivity contribution in [1.29, 1.82) is 0 Å². The molecule has 1 saturated carbocycles. The van der Waals surface area contributed by atoms with E-state index >= 15 is 0 Å². The predicted octanol–water partition coefficient (Wildman–Crippen LogP) is 5.73. The molecule has 5 saturated heterocycles. The van der Waals surface area contributed by atoms with Crippen LogP contribution in [0.3, 0.4) is 0 Å². The Morgan fingerprint density at radius 2 is 1.68 bits per heavy atom. The molecule has 2 aromatic carbocycles. The first-order valence-corrected chi connectivity index (χ1v) is 15.4. The van der Waals surface area contributed by atoms with Crippen LogP contribution >= 0.6 is 0 Å². The second kappa shape index (κ2) is 10.7. The average Bonchev–Trinajstić information content (AvgIpc) is 3.21. The zero-order valence-corrected chi connectivity index (χ0v) is 24.2. The van der Waals surface area contributed by atoms with Gasteiger partial charge in [0, 0.05) is 56.7 Å². The van der Waals surface area contributed by atoms with E-state index in [1.54, 1.807) is 0 Å². The molecule has 6 fully saturated rings. The van der Waals surface area contributed by atoms with E-state index < -0.39 is 17.7 Å². The van der Waals surface area contributed by atoms with Crippen molar-refractivity contribution in [2.24, 2.45) is 23.7 Å². The van der Waals surface area contributed by atoms with Gasteiger partial charge >= 0.3 is 0 Å². The van der Waals surface area contributed by atoms with Gasteiger partial charge < -0.3 is 19.1 Å². The Hall–Kier alpha value is -2.00. The smallest absolute Gasteiger partial charge is 0.201 e. The van der Waals surface area contributed by atoms with Gasteiger partial charge in [-0.1, -0.05) is 56.3 Å². The maximum Gasteiger partial charge on any atom is 0.201 e. The van der Waals surface area contributed by atoms with E-state index in [1.165, 1.54) is 23.2 Å². The van der Waals surface area contributed by atoms with Crippen LogP contribution in [0.25, 0.3) is 0 Å². The molecule has 7 nitrogen and oxygen atoms in total. The zero-order chi connectivity index (χ0) is 27.3. The van der Waals surface area contributed by atoms with Crippen molar-refractivity contribution < 1.29 is 24.0 Å². The van der Waals surface area contributed by atoms with Gasteiger partial charge in [-0.05, 0) is 61.3 Å². The number of rotatable bonds is 6. The van der Waals surface area contributed by atoms with Gasteiger partial charge in [-0.2, -0.15) is 0 Å². The number of nitrogens with zero attached hydrogens (tertiary/aromatic N) is 2. The fraction of sp³-hybridized carbons (Fsp3) is 0.636. The summed E-state index contributed by atoms with van der Waals surface area (Å²) in [6, 6.07) is 19.6. The van der Waals surface area contributed by atoms with Crippen molar-refractivity contribution in [3.63, 3.8) is 0 Å². The Balaban J connectivity index is 0.988. The van der Waals surface area contributed by atoms with Gasteiger partial charge in [-0.15, -0.1) is 0 Å². The van der Waals surface area contributed by atoms with Crippen LogP contribution < -0.4 is 4.90 Å². The van der Waals surface area contributed by atoms with Crippen LogP contribution in [-0.2, 0) is 37.1 Å². The number of para-hydroxylation sites is 1. The molecule has 0 N–H and O–H groups in total. The van der Waals surface area contributed by atoms with Crippen molar-refractivity contribution in [1.82, 2.24) is 4.90 Å². The molecule has 40 heavy (non-hydrogen) atoms. The summed E-state index contributed by atoms with van der Waals surface area (Å²) in [6.45, 7) is 12.3. The van der Waals surface area contributed by atoms with Crippen LogP contribution in [0.4, 0.5) is 5.69 Å². The van der Waals surface area contributed by atoms with E-state index in [0.717, 1.165) is 52.0 Å². The van der Waals surface area contributed by atoms with Crippen LogP contribution in [0, 0.1) is 23.7 Å². The predicted molar refractivity (Wildman–Crippen MR) is 152 cm³/mol. The van der Waals surface area contributed by atoms with E-state index in [0.29, 0.717) is 18.4 Å². The highest BCUT2D eigenvalue weighted by atomic mass is 17.3. The topological polar surface area (TPSA) is 52.6 Å². The number of fused-ring (bicyclic) bond motifs is 2. The molecule has 0 radical (unpaired) electrons. The molecule has 0 amide bonds. The van der Waals surface area contributed by atoms with Crippen LogP contribution in [0.1, 0.15) is 57.6 Å². The average molecular weight is 549 g/mol. The third-order valence-corrected chi connectivity index (χ3v) is 10.4. The number of ether oxygens (including phenoxy) is 3. The van der Waals surface area contributed by atoms with E-state index in [-0.39, 0.29) is 18.1 Å². The van der Waals surface area contributed by atoms with Gasteiger partial charge in [0.25, 0.3) is 0 Å². The molecule has 5 heterocycles. The first-order valence-electron chi connectivity index (χ1n) is 15.4. The van der Waals surface area contributed by atoms with Crippen molar-refractivity contribution in [3.05, 3.63) is 65.7 Å². The van der Waals surface area contributed by atoms with Crippen molar-refractivity contribution in [2.75, 3.05) is 31.1 Å². The maximum absolute atomic E-state index is 6.61. The minimum Gasteiger partial charge on any atom is -0.369 e. The molecule has 2 aromatic rings. The number of anilines is 1. The summed E-state index contributed by atoms with van der Waals surface area (Å²) in [5.41, 5.74) is 3.29. The Morgan fingerprint density at radius 1 is 0.875 bits per heavy atom. The Bertz CT molecular complexity index is 1170. The fourth-order valence-corrected chi connectivity index (χ4v) is 8.12. The number of hydrogen-bond acceptors (Lipinski definition) is 7. The first-order chi connectivity index (χ1) is 19.4. The van der Waals surface area contributed by atoms with Crippen molar-refractivity contribution >= 4 is 5.69 Å². The van der Waals surface area contributed by atoms with Crippen LogP contribution in [-0.4, -0.2) is 55.0 Å². The van der Waals surface area contributed by atoms with Gasteiger partial charge in [-0.25, -0.2) is 9.78 Å². The molecule has 2 bridgehead atoms. The lowest BCUT2D eigenvalue weighted by Gasteiger charge is -2.60. The summed E-state index contributed by atoms with van der Waals surface area (Å²) < 4.78 is 19.6. The molecule has 1 spiro atoms.